The van der Waals surface area contributed by atoms with Gasteiger partial charge in [-0.1, -0.05) is 40.5 Å². The number of primary sulfonamides is 1. The van der Waals surface area contributed by atoms with E-state index in [0.717, 1.165) is 58.2 Å². The lowest BCUT2D eigenvalue weighted by molar-refractivity contribution is -0.139. The molecule has 26 heavy (non-hydrogen) atoms. The van der Waals surface area contributed by atoms with Crippen LogP contribution in [0.5, 0.6) is 0 Å². The summed E-state index contributed by atoms with van der Waals surface area (Å²) in [6, 6.07) is 0. The molecule has 0 atom stereocenters. The number of hydrogen-bond acceptors (Lipinski definition) is 4. The SMILES string of the molecule is CC(C)(CCCCOCCCCC(C)(C)CC(=O)O)CCCS(N)(=O)=O. The molecule has 0 spiro atoms. The molecular formula is C19H39NO5S. The maximum atomic E-state index is 11.0. The van der Waals surface area contributed by atoms with E-state index in [9.17, 15) is 13.2 Å². The second-order valence-electron chi connectivity index (χ2n) is 8.90. The van der Waals surface area contributed by atoms with Gasteiger partial charge < -0.3 is 9.84 Å². The standard InChI is InChI=1S/C19H39NO5S/c1-18(2,12-9-15-26(20,23)24)10-5-7-13-25-14-8-6-11-19(3,4)16-17(21)22/h5-16H2,1-4H3,(H,21,22)(H2,20,23,24). The van der Waals surface area contributed by atoms with Crippen molar-refractivity contribution in [2.45, 2.75) is 85.5 Å². The zero-order chi connectivity index (χ0) is 20.3. The summed E-state index contributed by atoms with van der Waals surface area (Å²) in [4.78, 5) is 10.8. The van der Waals surface area contributed by atoms with Crippen LogP contribution < -0.4 is 5.14 Å². The van der Waals surface area contributed by atoms with Crippen LogP contribution in [0.25, 0.3) is 0 Å². The Morgan fingerprint density at radius 2 is 1.35 bits per heavy atom. The zero-order valence-corrected chi connectivity index (χ0v) is 17.9. The van der Waals surface area contributed by atoms with Crippen LogP contribution in [0.1, 0.15) is 85.5 Å². The number of carboxylic acids is 1. The predicted molar refractivity (Wildman–Crippen MR) is 106 cm³/mol. The lowest BCUT2D eigenvalue weighted by Gasteiger charge is -2.24. The monoisotopic (exact) mass is 393 g/mol. The van der Waals surface area contributed by atoms with Crippen molar-refractivity contribution in [2.75, 3.05) is 19.0 Å². The predicted octanol–water partition coefficient (Wildman–Crippen LogP) is 3.94. The van der Waals surface area contributed by atoms with Gasteiger partial charge in [-0.15, -0.1) is 0 Å². The van der Waals surface area contributed by atoms with Gasteiger partial charge in [0.2, 0.25) is 10.0 Å². The molecule has 0 bridgehead atoms. The van der Waals surface area contributed by atoms with Gasteiger partial charge in [-0.25, -0.2) is 13.6 Å². The van der Waals surface area contributed by atoms with Crippen molar-refractivity contribution in [3.05, 3.63) is 0 Å². The molecule has 0 aliphatic rings. The van der Waals surface area contributed by atoms with Crippen LogP contribution in [0.4, 0.5) is 0 Å². The first-order valence-corrected chi connectivity index (χ1v) is 11.3. The summed E-state index contributed by atoms with van der Waals surface area (Å²) in [6.07, 6.45) is 7.63. The second-order valence-corrected chi connectivity index (χ2v) is 10.6. The van der Waals surface area contributed by atoms with E-state index in [1.54, 1.807) is 0 Å². The number of hydrogen-bond donors (Lipinski definition) is 2. The minimum atomic E-state index is -3.35. The number of carbonyl (C=O) groups is 1. The Bertz CT molecular complexity index is 500. The highest BCUT2D eigenvalue weighted by Crippen LogP contribution is 2.29. The molecule has 0 saturated carbocycles. The third-order valence-electron chi connectivity index (χ3n) is 4.70. The molecule has 156 valence electrons. The fraction of sp³-hybridized carbons (Fsp3) is 0.947. The Balaban J connectivity index is 3.62. The van der Waals surface area contributed by atoms with Gasteiger partial charge in [0.15, 0.2) is 0 Å². The summed E-state index contributed by atoms with van der Waals surface area (Å²) in [5.74, 6) is -0.679. The van der Waals surface area contributed by atoms with Gasteiger partial charge >= 0.3 is 5.97 Å². The molecule has 6 nitrogen and oxygen atoms in total. The van der Waals surface area contributed by atoms with Gasteiger partial charge in [0.25, 0.3) is 0 Å². The van der Waals surface area contributed by atoms with Gasteiger partial charge in [-0.2, -0.15) is 0 Å². The highest BCUT2D eigenvalue weighted by Gasteiger charge is 2.21. The van der Waals surface area contributed by atoms with Crippen molar-refractivity contribution < 1.29 is 23.1 Å². The molecule has 0 radical (unpaired) electrons. The minimum Gasteiger partial charge on any atom is -0.481 e. The number of unbranched alkanes of at least 4 members (excludes halogenated alkanes) is 2. The summed E-state index contributed by atoms with van der Waals surface area (Å²) < 4.78 is 27.6. The maximum absolute atomic E-state index is 11.0. The van der Waals surface area contributed by atoms with Crippen molar-refractivity contribution in [1.82, 2.24) is 0 Å². The largest absolute Gasteiger partial charge is 0.481 e. The van der Waals surface area contributed by atoms with Crippen LogP contribution in [0.15, 0.2) is 0 Å². The van der Waals surface area contributed by atoms with Crippen LogP contribution in [0.3, 0.4) is 0 Å². The molecule has 0 saturated heterocycles. The average Bonchev–Trinajstić information content (AvgIpc) is 2.42. The molecule has 0 amide bonds. The van der Waals surface area contributed by atoms with Crippen molar-refractivity contribution in [3.63, 3.8) is 0 Å². The second kappa shape index (κ2) is 11.9. The zero-order valence-electron chi connectivity index (χ0n) is 17.1. The Morgan fingerprint density at radius 3 is 1.81 bits per heavy atom. The summed E-state index contributed by atoms with van der Waals surface area (Å²) in [5, 5.41) is 13.9. The van der Waals surface area contributed by atoms with Crippen LogP contribution in [0, 0.1) is 10.8 Å². The molecule has 7 heteroatoms. The van der Waals surface area contributed by atoms with Crippen molar-refractivity contribution in [2.24, 2.45) is 16.0 Å². The smallest absolute Gasteiger partial charge is 0.303 e. The molecule has 3 N–H and O–H groups in total. The number of sulfonamides is 1. The number of nitrogens with two attached hydrogens (primary N) is 1. The van der Waals surface area contributed by atoms with E-state index in [2.05, 4.69) is 13.8 Å². The first-order chi connectivity index (χ1) is 11.8. The highest BCUT2D eigenvalue weighted by molar-refractivity contribution is 7.89. The Labute approximate surface area is 159 Å². The Morgan fingerprint density at radius 1 is 0.885 bits per heavy atom. The lowest BCUT2D eigenvalue weighted by atomic mass is 9.83. The first-order valence-electron chi connectivity index (χ1n) is 9.63. The Hall–Kier alpha value is -0.660. The first kappa shape index (κ1) is 25.3. The molecule has 0 rings (SSSR count). The summed E-state index contributed by atoms with van der Waals surface area (Å²) in [5.41, 5.74) is -0.0267. The van der Waals surface area contributed by atoms with Crippen LogP contribution >= 0.6 is 0 Å². The number of carboxylic acid groups (broad SMARTS) is 1. The molecule has 0 aromatic carbocycles. The van der Waals surface area contributed by atoms with E-state index in [0.29, 0.717) is 6.42 Å². The third kappa shape index (κ3) is 16.8. The summed E-state index contributed by atoms with van der Waals surface area (Å²) in [7, 11) is -3.35. The molecule has 0 unspecified atom stereocenters. The third-order valence-corrected chi connectivity index (χ3v) is 5.55. The van der Waals surface area contributed by atoms with Gasteiger partial charge in [0.05, 0.1) is 12.2 Å². The minimum absolute atomic E-state index is 0.0583. The molecule has 0 aliphatic carbocycles. The van der Waals surface area contributed by atoms with E-state index in [-0.39, 0.29) is 23.0 Å². The van der Waals surface area contributed by atoms with Gasteiger partial charge in [-0.3, -0.25) is 4.79 Å². The number of ether oxygens (including phenoxy) is 1. The normalized spacial score (nSPS) is 13.1. The lowest BCUT2D eigenvalue weighted by Crippen LogP contribution is -2.19. The van der Waals surface area contributed by atoms with Crippen molar-refractivity contribution in [1.29, 1.82) is 0 Å². The summed E-state index contributed by atoms with van der Waals surface area (Å²) in [6.45, 7) is 9.78. The van der Waals surface area contributed by atoms with Gasteiger partial charge in [0.1, 0.15) is 0 Å². The van der Waals surface area contributed by atoms with Crippen LogP contribution in [0.2, 0.25) is 0 Å². The number of rotatable bonds is 16. The van der Waals surface area contributed by atoms with E-state index in [4.69, 9.17) is 15.0 Å². The van der Waals surface area contributed by atoms with Crippen LogP contribution in [-0.2, 0) is 19.6 Å². The number of aliphatic carboxylic acids is 1. The van der Waals surface area contributed by atoms with E-state index >= 15 is 0 Å². The highest BCUT2D eigenvalue weighted by atomic mass is 32.2. The molecular weight excluding hydrogens is 354 g/mol. The fourth-order valence-electron chi connectivity index (χ4n) is 3.09. The van der Waals surface area contributed by atoms with Crippen molar-refractivity contribution >= 4 is 16.0 Å². The molecule has 0 aromatic rings. The van der Waals surface area contributed by atoms with E-state index in [1.165, 1.54) is 0 Å². The van der Waals surface area contributed by atoms with E-state index in [1.807, 2.05) is 13.8 Å². The maximum Gasteiger partial charge on any atom is 0.303 e. The molecule has 0 fully saturated rings. The average molecular weight is 394 g/mol. The van der Waals surface area contributed by atoms with E-state index < -0.39 is 16.0 Å². The topological polar surface area (TPSA) is 107 Å². The molecule has 0 aliphatic heterocycles. The summed E-state index contributed by atoms with van der Waals surface area (Å²) >= 11 is 0. The molecule has 0 aromatic heterocycles. The fourth-order valence-corrected chi connectivity index (χ4v) is 3.64. The quantitative estimate of drug-likeness (QED) is 0.386. The van der Waals surface area contributed by atoms with Gasteiger partial charge in [-0.05, 0) is 49.4 Å². The molecule has 0 heterocycles. The Kier molecular flexibility index (Phi) is 11.6. The van der Waals surface area contributed by atoms with Crippen LogP contribution in [-0.4, -0.2) is 38.5 Å². The van der Waals surface area contributed by atoms with Gasteiger partial charge in [0, 0.05) is 13.2 Å². The van der Waals surface area contributed by atoms with Crippen molar-refractivity contribution in [3.8, 4) is 0 Å².